The van der Waals surface area contributed by atoms with Gasteiger partial charge in [0.2, 0.25) is 0 Å². The van der Waals surface area contributed by atoms with Crippen molar-refractivity contribution in [3.63, 3.8) is 0 Å². The molecule has 0 spiro atoms. The van der Waals surface area contributed by atoms with Gasteiger partial charge >= 0.3 is 12.1 Å². The summed E-state index contributed by atoms with van der Waals surface area (Å²) in [5.74, 6) is -0.790. The molecule has 0 aromatic carbocycles. The van der Waals surface area contributed by atoms with Crippen LogP contribution in [-0.4, -0.2) is 64.8 Å². The number of hydrogen-bond donors (Lipinski definition) is 1. The molecule has 110 valence electrons. The van der Waals surface area contributed by atoms with Gasteiger partial charge in [0.25, 0.3) is 0 Å². The molecule has 6 nitrogen and oxygen atoms in total. The van der Waals surface area contributed by atoms with E-state index in [9.17, 15) is 9.59 Å². The fourth-order valence-electron chi connectivity index (χ4n) is 2.05. The van der Waals surface area contributed by atoms with Gasteiger partial charge in [0.05, 0.1) is 6.42 Å². The minimum Gasteiger partial charge on any atom is -0.481 e. The van der Waals surface area contributed by atoms with Crippen LogP contribution in [-0.2, 0) is 9.53 Å². The van der Waals surface area contributed by atoms with E-state index in [0.29, 0.717) is 26.2 Å². The van der Waals surface area contributed by atoms with Crippen molar-refractivity contribution in [1.29, 1.82) is 0 Å². The fraction of sp³-hybridized carbons (Fsp3) is 0.846. The van der Waals surface area contributed by atoms with Crippen LogP contribution in [0.4, 0.5) is 4.79 Å². The Labute approximate surface area is 114 Å². The van der Waals surface area contributed by atoms with Crippen LogP contribution in [0.5, 0.6) is 0 Å². The number of ether oxygens (including phenoxy) is 1. The minimum atomic E-state index is -0.790. The third-order valence-corrected chi connectivity index (χ3v) is 3.06. The first-order valence-corrected chi connectivity index (χ1v) is 6.63. The lowest BCUT2D eigenvalue weighted by Crippen LogP contribution is -2.52. The number of amides is 1. The Morgan fingerprint density at radius 1 is 1.21 bits per heavy atom. The number of carbonyl (C=O) groups excluding carboxylic acids is 1. The zero-order valence-electron chi connectivity index (χ0n) is 12.2. The summed E-state index contributed by atoms with van der Waals surface area (Å²) in [6.07, 6.45) is -0.162. The lowest BCUT2D eigenvalue weighted by molar-refractivity contribution is -0.138. The first kappa shape index (κ1) is 15.8. The molecule has 1 aliphatic rings. The first-order valence-electron chi connectivity index (χ1n) is 6.63. The van der Waals surface area contributed by atoms with Crippen molar-refractivity contribution in [2.24, 2.45) is 0 Å². The van der Waals surface area contributed by atoms with Gasteiger partial charge in [-0.25, -0.2) is 4.79 Å². The molecule has 1 saturated heterocycles. The summed E-state index contributed by atoms with van der Waals surface area (Å²) in [5, 5.41) is 8.77. The molecule has 0 saturated carbocycles. The summed E-state index contributed by atoms with van der Waals surface area (Å²) in [6.45, 7) is 9.97. The van der Waals surface area contributed by atoms with E-state index in [1.165, 1.54) is 0 Å². The highest BCUT2D eigenvalue weighted by Gasteiger charge is 2.27. The van der Waals surface area contributed by atoms with Crippen LogP contribution >= 0.6 is 0 Å². The smallest absolute Gasteiger partial charge is 0.410 e. The molecule has 19 heavy (non-hydrogen) atoms. The van der Waals surface area contributed by atoms with Crippen LogP contribution in [0.1, 0.15) is 34.1 Å². The second-order valence-electron chi connectivity index (χ2n) is 5.95. The number of hydrogen-bond acceptors (Lipinski definition) is 4. The SMILES string of the molecule is CC(CC(=O)O)N1CCN(C(=O)OC(C)(C)C)CC1. The van der Waals surface area contributed by atoms with Gasteiger partial charge in [0.15, 0.2) is 0 Å². The maximum Gasteiger partial charge on any atom is 0.410 e. The van der Waals surface area contributed by atoms with E-state index in [-0.39, 0.29) is 18.6 Å². The van der Waals surface area contributed by atoms with Gasteiger partial charge in [-0.2, -0.15) is 0 Å². The van der Waals surface area contributed by atoms with Crippen molar-refractivity contribution in [1.82, 2.24) is 9.80 Å². The Morgan fingerprint density at radius 2 is 1.74 bits per heavy atom. The van der Waals surface area contributed by atoms with Crippen molar-refractivity contribution in [3.05, 3.63) is 0 Å². The van der Waals surface area contributed by atoms with Crippen molar-refractivity contribution >= 4 is 12.1 Å². The van der Waals surface area contributed by atoms with E-state index in [1.54, 1.807) is 4.90 Å². The van der Waals surface area contributed by atoms with Crippen LogP contribution in [0.3, 0.4) is 0 Å². The van der Waals surface area contributed by atoms with E-state index in [0.717, 1.165) is 0 Å². The Hall–Kier alpha value is -1.30. The molecular weight excluding hydrogens is 248 g/mol. The molecule has 1 atom stereocenters. The molecule has 0 aliphatic carbocycles. The van der Waals surface area contributed by atoms with Crippen molar-refractivity contribution < 1.29 is 19.4 Å². The summed E-state index contributed by atoms with van der Waals surface area (Å²) >= 11 is 0. The van der Waals surface area contributed by atoms with Gasteiger partial charge in [-0.15, -0.1) is 0 Å². The van der Waals surface area contributed by atoms with Gasteiger partial charge in [0.1, 0.15) is 5.60 Å². The van der Waals surface area contributed by atoms with Crippen LogP contribution in [0.15, 0.2) is 0 Å². The number of aliphatic carboxylic acids is 1. The molecule has 0 radical (unpaired) electrons. The van der Waals surface area contributed by atoms with E-state index in [2.05, 4.69) is 4.90 Å². The highest BCUT2D eigenvalue weighted by molar-refractivity contribution is 5.68. The molecule has 1 fully saturated rings. The second-order valence-corrected chi connectivity index (χ2v) is 5.95. The molecular formula is C13H24N2O4. The Morgan fingerprint density at radius 3 is 2.16 bits per heavy atom. The molecule has 1 heterocycles. The van der Waals surface area contributed by atoms with Crippen LogP contribution < -0.4 is 0 Å². The van der Waals surface area contributed by atoms with E-state index < -0.39 is 11.6 Å². The second kappa shape index (κ2) is 6.23. The molecule has 1 N–H and O–H groups in total. The number of piperazine rings is 1. The Bertz CT molecular complexity index is 330. The predicted octanol–water partition coefficient (Wildman–Crippen LogP) is 1.40. The summed E-state index contributed by atoms with van der Waals surface area (Å²) in [4.78, 5) is 26.3. The van der Waals surface area contributed by atoms with Gasteiger partial charge < -0.3 is 14.7 Å². The van der Waals surface area contributed by atoms with E-state index in [4.69, 9.17) is 9.84 Å². The van der Waals surface area contributed by atoms with Crippen LogP contribution in [0, 0.1) is 0 Å². The van der Waals surface area contributed by atoms with Gasteiger partial charge in [-0.3, -0.25) is 9.69 Å². The zero-order valence-corrected chi connectivity index (χ0v) is 12.2. The van der Waals surface area contributed by atoms with Gasteiger partial charge in [0, 0.05) is 32.2 Å². The molecule has 0 aromatic heterocycles. The lowest BCUT2D eigenvalue weighted by Gasteiger charge is -2.38. The summed E-state index contributed by atoms with van der Waals surface area (Å²) in [7, 11) is 0. The largest absolute Gasteiger partial charge is 0.481 e. The van der Waals surface area contributed by atoms with Gasteiger partial charge in [-0.1, -0.05) is 0 Å². The number of rotatable bonds is 3. The number of carboxylic acid groups (broad SMARTS) is 1. The number of nitrogens with zero attached hydrogens (tertiary/aromatic N) is 2. The molecule has 1 rings (SSSR count). The van der Waals surface area contributed by atoms with Crippen molar-refractivity contribution in [3.8, 4) is 0 Å². The summed E-state index contributed by atoms with van der Waals surface area (Å²) in [5.41, 5.74) is -0.481. The highest BCUT2D eigenvalue weighted by atomic mass is 16.6. The third-order valence-electron chi connectivity index (χ3n) is 3.06. The van der Waals surface area contributed by atoms with Crippen molar-refractivity contribution in [2.45, 2.75) is 45.8 Å². The van der Waals surface area contributed by atoms with E-state index >= 15 is 0 Å². The van der Waals surface area contributed by atoms with Crippen LogP contribution in [0.25, 0.3) is 0 Å². The van der Waals surface area contributed by atoms with Crippen LogP contribution in [0.2, 0.25) is 0 Å². The predicted molar refractivity (Wildman–Crippen MR) is 71.1 cm³/mol. The standard InChI is InChI=1S/C13H24N2O4/c1-10(9-11(16)17)14-5-7-15(8-6-14)12(18)19-13(2,3)4/h10H,5-9H2,1-4H3,(H,16,17). The quantitative estimate of drug-likeness (QED) is 0.841. The monoisotopic (exact) mass is 272 g/mol. The maximum absolute atomic E-state index is 11.9. The average molecular weight is 272 g/mol. The van der Waals surface area contributed by atoms with Gasteiger partial charge in [-0.05, 0) is 27.7 Å². The topological polar surface area (TPSA) is 70.1 Å². The normalized spacial score (nSPS) is 19.1. The fourth-order valence-corrected chi connectivity index (χ4v) is 2.05. The maximum atomic E-state index is 11.9. The van der Waals surface area contributed by atoms with E-state index in [1.807, 2.05) is 27.7 Å². The Balaban J connectivity index is 2.40. The Kier molecular flexibility index (Phi) is 5.17. The molecule has 0 bridgehead atoms. The highest BCUT2D eigenvalue weighted by Crippen LogP contribution is 2.13. The summed E-state index contributed by atoms with van der Waals surface area (Å²) < 4.78 is 5.31. The average Bonchev–Trinajstić information content (AvgIpc) is 2.26. The summed E-state index contributed by atoms with van der Waals surface area (Å²) in [6, 6.07) is -0.00159. The number of carboxylic acids is 1. The molecule has 1 amide bonds. The molecule has 1 unspecified atom stereocenters. The molecule has 0 aromatic rings. The number of carbonyl (C=O) groups is 2. The lowest BCUT2D eigenvalue weighted by atomic mass is 10.1. The van der Waals surface area contributed by atoms with Crippen molar-refractivity contribution in [2.75, 3.05) is 26.2 Å². The zero-order chi connectivity index (χ0) is 14.6. The third kappa shape index (κ3) is 5.46. The minimum absolute atomic E-state index is 0.00159. The molecule has 1 aliphatic heterocycles. The first-order chi connectivity index (χ1) is 8.69. The molecule has 6 heteroatoms.